The highest BCUT2D eigenvalue weighted by Crippen LogP contribution is 1.89. The molecular formula is C11H21N3O2. The van der Waals surface area contributed by atoms with Crippen LogP contribution in [0, 0.1) is 0 Å². The average molecular weight is 227 g/mol. The second-order valence-electron chi connectivity index (χ2n) is 3.59. The van der Waals surface area contributed by atoms with E-state index in [1.807, 2.05) is 12.5 Å². The van der Waals surface area contributed by atoms with Crippen LogP contribution >= 0.6 is 0 Å². The SMILES string of the molecule is OCCOCCCNCCCn1ccnc1. The largest absolute Gasteiger partial charge is 0.394 e. The van der Waals surface area contributed by atoms with Crippen molar-refractivity contribution in [3.8, 4) is 0 Å². The van der Waals surface area contributed by atoms with Crippen molar-refractivity contribution in [1.29, 1.82) is 0 Å². The van der Waals surface area contributed by atoms with Gasteiger partial charge in [-0.05, 0) is 25.9 Å². The minimum absolute atomic E-state index is 0.109. The van der Waals surface area contributed by atoms with Crippen LogP contribution in [0.4, 0.5) is 0 Å². The fourth-order valence-electron chi connectivity index (χ4n) is 1.40. The van der Waals surface area contributed by atoms with Crippen LogP contribution in [0.5, 0.6) is 0 Å². The van der Waals surface area contributed by atoms with Gasteiger partial charge in [0.05, 0.1) is 19.5 Å². The van der Waals surface area contributed by atoms with Gasteiger partial charge in [0.1, 0.15) is 0 Å². The third-order valence-corrected chi connectivity index (χ3v) is 2.21. The van der Waals surface area contributed by atoms with Crippen LogP contribution in [-0.2, 0) is 11.3 Å². The summed E-state index contributed by atoms with van der Waals surface area (Å²) in [4.78, 5) is 3.98. The van der Waals surface area contributed by atoms with E-state index in [1.165, 1.54) is 0 Å². The molecule has 1 rings (SSSR count). The molecule has 0 saturated heterocycles. The predicted molar refractivity (Wildman–Crippen MR) is 62.2 cm³/mol. The molecule has 0 aliphatic carbocycles. The smallest absolute Gasteiger partial charge is 0.0945 e. The van der Waals surface area contributed by atoms with Crippen molar-refractivity contribution in [2.75, 3.05) is 32.9 Å². The Morgan fingerprint density at radius 3 is 2.88 bits per heavy atom. The van der Waals surface area contributed by atoms with Crippen LogP contribution in [0.25, 0.3) is 0 Å². The Bertz CT molecular complexity index is 239. The van der Waals surface area contributed by atoms with Gasteiger partial charge >= 0.3 is 0 Å². The van der Waals surface area contributed by atoms with Crippen molar-refractivity contribution in [3.63, 3.8) is 0 Å². The molecule has 1 aromatic heterocycles. The summed E-state index contributed by atoms with van der Waals surface area (Å²) in [5, 5.41) is 11.8. The Labute approximate surface area is 96.4 Å². The highest BCUT2D eigenvalue weighted by atomic mass is 16.5. The van der Waals surface area contributed by atoms with Gasteiger partial charge in [-0.2, -0.15) is 0 Å². The van der Waals surface area contributed by atoms with Gasteiger partial charge in [0.2, 0.25) is 0 Å². The second kappa shape index (κ2) is 9.33. The van der Waals surface area contributed by atoms with Crippen molar-refractivity contribution in [3.05, 3.63) is 18.7 Å². The standard InChI is InChI=1S/C11H21N3O2/c15-8-10-16-9-2-4-12-3-1-6-14-7-5-13-11-14/h5,7,11-12,15H,1-4,6,8-10H2. The summed E-state index contributed by atoms with van der Waals surface area (Å²) in [7, 11) is 0. The molecule has 1 heterocycles. The molecule has 0 aromatic carbocycles. The lowest BCUT2D eigenvalue weighted by atomic mass is 10.4. The van der Waals surface area contributed by atoms with Crippen molar-refractivity contribution < 1.29 is 9.84 Å². The number of hydrogen-bond donors (Lipinski definition) is 2. The van der Waals surface area contributed by atoms with E-state index in [-0.39, 0.29) is 6.61 Å². The number of aliphatic hydroxyl groups is 1. The fourth-order valence-corrected chi connectivity index (χ4v) is 1.40. The van der Waals surface area contributed by atoms with Gasteiger partial charge in [0, 0.05) is 25.5 Å². The molecule has 0 atom stereocenters. The van der Waals surface area contributed by atoms with E-state index in [0.29, 0.717) is 6.61 Å². The molecule has 0 aliphatic rings. The van der Waals surface area contributed by atoms with Crippen molar-refractivity contribution >= 4 is 0 Å². The fraction of sp³-hybridized carbons (Fsp3) is 0.727. The summed E-state index contributed by atoms with van der Waals surface area (Å²) in [6.07, 6.45) is 7.70. The molecule has 0 radical (unpaired) electrons. The van der Waals surface area contributed by atoms with E-state index < -0.39 is 0 Å². The number of nitrogens with one attached hydrogen (secondary N) is 1. The summed E-state index contributed by atoms with van der Waals surface area (Å²) >= 11 is 0. The first-order valence-electron chi connectivity index (χ1n) is 5.78. The maximum atomic E-state index is 8.48. The number of hydrogen-bond acceptors (Lipinski definition) is 4. The molecule has 0 bridgehead atoms. The van der Waals surface area contributed by atoms with Crippen LogP contribution in [0.3, 0.4) is 0 Å². The first kappa shape index (κ1) is 13.2. The lowest BCUT2D eigenvalue weighted by molar-refractivity contribution is 0.0907. The van der Waals surface area contributed by atoms with Gasteiger partial charge in [0.25, 0.3) is 0 Å². The summed E-state index contributed by atoms with van der Waals surface area (Å²) in [5.41, 5.74) is 0. The zero-order chi connectivity index (χ0) is 11.5. The molecule has 1 aromatic rings. The van der Waals surface area contributed by atoms with E-state index >= 15 is 0 Å². The molecule has 2 N–H and O–H groups in total. The van der Waals surface area contributed by atoms with Crippen molar-refractivity contribution in [2.45, 2.75) is 19.4 Å². The zero-order valence-corrected chi connectivity index (χ0v) is 9.64. The predicted octanol–water partition coefficient (Wildman–Crippen LogP) is 0.262. The van der Waals surface area contributed by atoms with Gasteiger partial charge in [-0.3, -0.25) is 0 Å². The third-order valence-electron chi connectivity index (χ3n) is 2.21. The maximum absolute atomic E-state index is 8.48. The topological polar surface area (TPSA) is 59.3 Å². The van der Waals surface area contributed by atoms with E-state index in [4.69, 9.17) is 9.84 Å². The Morgan fingerprint density at radius 2 is 2.12 bits per heavy atom. The average Bonchev–Trinajstić information content (AvgIpc) is 2.80. The van der Waals surface area contributed by atoms with E-state index in [1.54, 1.807) is 6.20 Å². The molecule has 0 unspecified atom stereocenters. The first-order chi connectivity index (χ1) is 7.93. The molecular weight excluding hydrogens is 206 g/mol. The van der Waals surface area contributed by atoms with Crippen LogP contribution in [0.1, 0.15) is 12.8 Å². The molecule has 0 aliphatic heterocycles. The monoisotopic (exact) mass is 227 g/mol. The summed E-state index contributed by atoms with van der Waals surface area (Å²) < 4.78 is 7.22. The number of aliphatic hydroxyl groups excluding tert-OH is 1. The van der Waals surface area contributed by atoms with Gasteiger partial charge in [-0.1, -0.05) is 0 Å². The van der Waals surface area contributed by atoms with Crippen LogP contribution in [0.15, 0.2) is 18.7 Å². The Kier molecular flexibility index (Phi) is 7.67. The van der Waals surface area contributed by atoms with E-state index in [0.717, 1.165) is 39.1 Å². The molecule has 5 heteroatoms. The van der Waals surface area contributed by atoms with E-state index in [9.17, 15) is 0 Å². The molecule has 0 fully saturated rings. The van der Waals surface area contributed by atoms with Crippen molar-refractivity contribution in [1.82, 2.24) is 14.9 Å². The first-order valence-corrected chi connectivity index (χ1v) is 5.78. The molecule has 92 valence electrons. The van der Waals surface area contributed by atoms with Crippen LogP contribution < -0.4 is 5.32 Å². The second-order valence-corrected chi connectivity index (χ2v) is 3.59. The molecule has 0 spiro atoms. The van der Waals surface area contributed by atoms with Gasteiger partial charge in [-0.25, -0.2) is 4.98 Å². The minimum Gasteiger partial charge on any atom is -0.394 e. The van der Waals surface area contributed by atoms with Crippen molar-refractivity contribution in [2.24, 2.45) is 0 Å². The minimum atomic E-state index is 0.109. The van der Waals surface area contributed by atoms with Gasteiger partial charge in [-0.15, -0.1) is 0 Å². The molecule has 5 nitrogen and oxygen atoms in total. The lowest BCUT2D eigenvalue weighted by Crippen LogP contribution is -2.19. The maximum Gasteiger partial charge on any atom is 0.0945 e. The highest BCUT2D eigenvalue weighted by molar-refractivity contribution is 4.73. The van der Waals surface area contributed by atoms with Gasteiger partial charge < -0.3 is 19.7 Å². The highest BCUT2D eigenvalue weighted by Gasteiger charge is 1.91. The number of imidazole rings is 1. The summed E-state index contributed by atoms with van der Waals surface area (Å²) in [6.45, 7) is 4.26. The molecule has 0 saturated carbocycles. The third kappa shape index (κ3) is 6.55. The zero-order valence-electron chi connectivity index (χ0n) is 9.64. The Hall–Kier alpha value is -0.910. The Balaban J connectivity index is 1.78. The normalized spacial score (nSPS) is 10.8. The lowest BCUT2D eigenvalue weighted by Gasteiger charge is -2.05. The number of ether oxygens (including phenoxy) is 1. The van der Waals surface area contributed by atoms with Crippen LogP contribution in [0.2, 0.25) is 0 Å². The molecule has 16 heavy (non-hydrogen) atoms. The number of rotatable bonds is 10. The van der Waals surface area contributed by atoms with Crippen LogP contribution in [-0.4, -0.2) is 47.6 Å². The summed E-state index contributed by atoms with van der Waals surface area (Å²) in [5.74, 6) is 0. The number of aromatic nitrogens is 2. The Morgan fingerprint density at radius 1 is 1.25 bits per heavy atom. The summed E-state index contributed by atoms with van der Waals surface area (Å²) in [6, 6.07) is 0. The number of nitrogens with zero attached hydrogens (tertiary/aromatic N) is 2. The quantitative estimate of drug-likeness (QED) is 0.563. The molecule has 0 amide bonds. The number of aryl methyl sites for hydroxylation is 1. The van der Waals surface area contributed by atoms with E-state index in [2.05, 4.69) is 14.9 Å². The van der Waals surface area contributed by atoms with Gasteiger partial charge in [0.15, 0.2) is 0 Å².